The molecule has 1 fully saturated rings. The van der Waals surface area contributed by atoms with Crippen LogP contribution >= 0.6 is 23.8 Å². The van der Waals surface area contributed by atoms with Gasteiger partial charge in [-0.15, -0.1) is 0 Å². The lowest BCUT2D eigenvalue weighted by molar-refractivity contribution is -0.918. The van der Waals surface area contributed by atoms with Gasteiger partial charge in [-0.1, -0.05) is 23.7 Å². The first-order valence-corrected chi connectivity index (χ1v) is 8.57. The second-order valence-electron chi connectivity index (χ2n) is 5.72. The van der Waals surface area contributed by atoms with Crippen LogP contribution in [-0.4, -0.2) is 44.5 Å². The molecule has 1 aromatic carbocycles. The lowest BCUT2D eigenvalue weighted by Gasteiger charge is -2.30. The molecule has 0 spiro atoms. The van der Waals surface area contributed by atoms with Gasteiger partial charge in [-0.2, -0.15) is 0 Å². The molecule has 0 radical (unpaired) electrons. The third kappa shape index (κ3) is 6.08. The summed E-state index contributed by atoms with van der Waals surface area (Å²) in [6.45, 7) is 4.83. The van der Waals surface area contributed by atoms with Crippen molar-refractivity contribution in [3.05, 3.63) is 34.9 Å². The molecule has 0 unspecified atom stereocenters. The van der Waals surface area contributed by atoms with E-state index in [0.29, 0.717) is 12.6 Å². The summed E-state index contributed by atoms with van der Waals surface area (Å²) < 4.78 is 5.00. The average molecular weight is 343 g/mol. The van der Waals surface area contributed by atoms with Gasteiger partial charge < -0.3 is 20.3 Å². The predicted molar refractivity (Wildman–Crippen MR) is 94.5 cm³/mol. The van der Waals surface area contributed by atoms with Crippen molar-refractivity contribution in [1.29, 1.82) is 0 Å². The summed E-state index contributed by atoms with van der Waals surface area (Å²) >= 11 is 11.2. The maximum atomic E-state index is 5.93. The van der Waals surface area contributed by atoms with Crippen LogP contribution in [-0.2, 0) is 11.3 Å². The number of halogens is 1. The average Bonchev–Trinajstić information content (AvgIpc) is 2.52. The fourth-order valence-electron chi connectivity index (χ4n) is 2.74. The van der Waals surface area contributed by atoms with Crippen LogP contribution in [0.4, 0.5) is 0 Å². The Kier molecular flexibility index (Phi) is 7.39. The summed E-state index contributed by atoms with van der Waals surface area (Å²) in [7, 11) is 1.69. The Morgan fingerprint density at radius 3 is 2.64 bits per heavy atom. The molecule has 22 heavy (non-hydrogen) atoms. The summed E-state index contributed by atoms with van der Waals surface area (Å²) in [5.74, 6) is 0. The predicted octanol–water partition coefficient (Wildman–Crippen LogP) is 0.998. The highest BCUT2D eigenvalue weighted by Crippen LogP contribution is 2.09. The van der Waals surface area contributed by atoms with Gasteiger partial charge in [-0.05, 0) is 24.4 Å². The van der Waals surface area contributed by atoms with Gasteiger partial charge in [0, 0.05) is 43.1 Å². The molecule has 0 atom stereocenters. The van der Waals surface area contributed by atoms with Crippen LogP contribution in [0, 0.1) is 0 Å². The van der Waals surface area contributed by atoms with E-state index in [1.807, 2.05) is 12.1 Å². The highest BCUT2D eigenvalue weighted by Gasteiger charge is 2.22. The Morgan fingerprint density at radius 2 is 2.00 bits per heavy atom. The fourth-order valence-corrected chi connectivity index (χ4v) is 3.14. The topological polar surface area (TPSA) is 37.7 Å². The Hall–Kier alpha value is -0.880. The maximum Gasteiger partial charge on any atom is 0.166 e. The summed E-state index contributed by atoms with van der Waals surface area (Å²) in [4.78, 5) is 1.62. The number of hydrogen-bond acceptors (Lipinski definition) is 2. The third-order valence-electron chi connectivity index (χ3n) is 3.99. The van der Waals surface area contributed by atoms with Crippen molar-refractivity contribution in [3.8, 4) is 0 Å². The summed E-state index contributed by atoms with van der Waals surface area (Å²) in [6.07, 6.45) is 2.30. The molecule has 2 rings (SSSR count). The highest BCUT2D eigenvalue weighted by atomic mass is 35.5. The van der Waals surface area contributed by atoms with E-state index in [-0.39, 0.29) is 0 Å². The molecule has 6 heteroatoms. The first-order chi connectivity index (χ1) is 10.7. The lowest BCUT2D eigenvalue weighted by Crippen LogP contribution is -3.12. The second kappa shape index (κ2) is 9.30. The van der Waals surface area contributed by atoms with Crippen molar-refractivity contribution in [2.24, 2.45) is 0 Å². The molecule has 1 aliphatic rings. The van der Waals surface area contributed by atoms with Crippen molar-refractivity contribution in [2.75, 3.05) is 33.4 Å². The third-order valence-corrected chi connectivity index (χ3v) is 4.50. The van der Waals surface area contributed by atoms with Crippen LogP contribution in [0.2, 0.25) is 5.02 Å². The first-order valence-electron chi connectivity index (χ1n) is 7.78. The normalized spacial score (nSPS) is 21.4. The fraction of sp³-hybridized carbons (Fsp3) is 0.562. The Bertz CT molecular complexity index is 461. The van der Waals surface area contributed by atoms with Crippen LogP contribution in [0.15, 0.2) is 24.3 Å². The number of likely N-dealkylation sites (tertiary alicyclic amines) is 1. The molecule has 0 aromatic heterocycles. The molecule has 1 saturated heterocycles. The number of thiocarbonyl (C=S) groups is 1. The van der Waals surface area contributed by atoms with Gasteiger partial charge in [0.15, 0.2) is 5.11 Å². The van der Waals surface area contributed by atoms with Gasteiger partial charge in [-0.25, -0.2) is 0 Å². The minimum Gasteiger partial charge on any atom is -0.383 e. The molecule has 122 valence electrons. The molecule has 1 aliphatic heterocycles. The number of methoxy groups -OCH3 is 1. The van der Waals surface area contributed by atoms with E-state index in [2.05, 4.69) is 22.8 Å². The summed E-state index contributed by atoms with van der Waals surface area (Å²) in [5.41, 5.74) is 1.35. The zero-order valence-corrected chi connectivity index (χ0v) is 14.6. The quantitative estimate of drug-likeness (QED) is 0.532. The first kappa shape index (κ1) is 17.5. The molecule has 1 aromatic rings. The highest BCUT2D eigenvalue weighted by molar-refractivity contribution is 7.80. The van der Waals surface area contributed by atoms with Crippen molar-refractivity contribution in [2.45, 2.75) is 25.4 Å². The van der Waals surface area contributed by atoms with Gasteiger partial charge in [0.05, 0.1) is 19.7 Å². The van der Waals surface area contributed by atoms with E-state index >= 15 is 0 Å². The molecule has 1 heterocycles. The second-order valence-corrected chi connectivity index (χ2v) is 6.57. The largest absolute Gasteiger partial charge is 0.383 e. The van der Waals surface area contributed by atoms with Gasteiger partial charge >= 0.3 is 0 Å². The molecule has 0 bridgehead atoms. The molecular formula is C16H25ClN3OS+. The van der Waals surface area contributed by atoms with E-state index in [1.165, 1.54) is 18.7 Å². The zero-order valence-electron chi connectivity index (χ0n) is 13.0. The molecule has 3 N–H and O–H groups in total. The minimum absolute atomic E-state index is 0.483. The Balaban J connectivity index is 1.67. The number of piperidine rings is 1. The van der Waals surface area contributed by atoms with Crippen molar-refractivity contribution in [3.63, 3.8) is 0 Å². The molecule has 4 nitrogen and oxygen atoms in total. The van der Waals surface area contributed by atoms with Gasteiger partial charge in [0.1, 0.15) is 6.54 Å². The van der Waals surface area contributed by atoms with Gasteiger partial charge in [0.25, 0.3) is 0 Å². The van der Waals surface area contributed by atoms with E-state index in [4.69, 9.17) is 28.6 Å². The van der Waals surface area contributed by atoms with Gasteiger partial charge in [-0.3, -0.25) is 0 Å². The van der Waals surface area contributed by atoms with Crippen LogP contribution in [0.3, 0.4) is 0 Å². The standard InChI is InChI=1S/C16H24ClN3OS/c1-21-11-8-18-16(22)19-15-6-9-20(10-7-15)12-13-2-4-14(17)5-3-13/h2-5,15H,6-12H2,1H3,(H2,18,19,22)/p+1. The van der Waals surface area contributed by atoms with E-state index < -0.39 is 0 Å². The van der Waals surface area contributed by atoms with Crippen LogP contribution in [0.25, 0.3) is 0 Å². The number of nitrogens with one attached hydrogen (secondary N) is 3. The Morgan fingerprint density at radius 1 is 1.32 bits per heavy atom. The van der Waals surface area contributed by atoms with Crippen molar-refractivity contribution in [1.82, 2.24) is 10.6 Å². The number of hydrogen-bond donors (Lipinski definition) is 3. The number of rotatable bonds is 6. The number of quaternary nitrogens is 1. The lowest BCUT2D eigenvalue weighted by atomic mass is 10.0. The molecule has 0 amide bonds. The molecular weight excluding hydrogens is 318 g/mol. The zero-order chi connectivity index (χ0) is 15.8. The van der Waals surface area contributed by atoms with Gasteiger partial charge in [0.2, 0.25) is 0 Å². The molecule has 0 saturated carbocycles. The van der Waals surface area contributed by atoms with Crippen LogP contribution in [0.5, 0.6) is 0 Å². The SMILES string of the molecule is COCCNC(=S)NC1CC[NH+](Cc2ccc(Cl)cc2)CC1. The number of benzene rings is 1. The summed E-state index contributed by atoms with van der Waals surface area (Å²) in [5, 5.41) is 8.11. The summed E-state index contributed by atoms with van der Waals surface area (Å²) in [6, 6.07) is 8.66. The van der Waals surface area contributed by atoms with Crippen LogP contribution < -0.4 is 15.5 Å². The molecule has 0 aliphatic carbocycles. The van der Waals surface area contributed by atoms with E-state index in [9.17, 15) is 0 Å². The van der Waals surface area contributed by atoms with Crippen LogP contribution in [0.1, 0.15) is 18.4 Å². The van der Waals surface area contributed by atoms with Crippen molar-refractivity contribution < 1.29 is 9.64 Å². The maximum absolute atomic E-state index is 5.93. The monoisotopic (exact) mass is 342 g/mol. The minimum atomic E-state index is 0.483. The van der Waals surface area contributed by atoms with Crippen molar-refractivity contribution >= 4 is 28.9 Å². The van der Waals surface area contributed by atoms with E-state index in [0.717, 1.165) is 36.1 Å². The Labute approximate surface area is 143 Å². The number of ether oxygens (including phenoxy) is 1. The van der Waals surface area contributed by atoms with E-state index in [1.54, 1.807) is 12.0 Å². The smallest absolute Gasteiger partial charge is 0.166 e.